The van der Waals surface area contributed by atoms with Crippen LogP contribution in [0.3, 0.4) is 0 Å². The number of nitrogens with one attached hydrogen (secondary N) is 1. The zero-order valence-electron chi connectivity index (χ0n) is 16.3. The number of carbonyl (C=O) groups is 2. The summed E-state index contributed by atoms with van der Waals surface area (Å²) in [7, 11) is 0. The van der Waals surface area contributed by atoms with Crippen LogP contribution in [-0.2, 0) is 4.79 Å². The van der Waals surface area contributed by atoms with Crippen LogP contribution >= 0.6 is 12.6 Å². The molecule has 2 atom stereocenters. The van der Waals surface area contributed by atoms with Crippen molar-refractivity contribution >= 4 is 24.4 Å². The minimum atomic E-state index is -0.531. The number of thiol groups is 1. The number of ether oxygens (including phenoxy) is 1. The van der Waals surface area contributed by atoms with Gasteiger partial charge in [0.05, 0.1) is 12.1 Å². The first-order valence-corrected chi connectivity index (χ1v) is 11.0. The molecule has 1 aromatic heterocycles. The fourth-order valence-electron chi connectivity index (χ4n) is 6.14. The van der Waals surface area contributed by atoms with E-state index in [9.17, 15) is 14.7 Å². The van der Waals surface area contributed by atoms with Crippen LogP contribution in [0, 0.1) is 17.8 Å². The number of likely N-dealkylation sites (tertiary alicyclic amines) is 1. The van der Waals surface area contributed by atoms with Gasteiger partial charge >= 0.3 is 0 Å². The molecule has 8 nitrogen and oxygen atoms in total. The van der Waals surface area contributed by atoms with E-state index >= 15 is 0 Å². The van der Waals surface area contributed by atoms with Crippen molar-refractivity contribution in [2.24, 2.45) is 17.8 Å². The lowest BCUT2D eigenvalue weighted by Gasteiger charge is -2.58. The third-order valence-electron chi connectivity index (χ3n) is 7.15. The van der Waals surface area contributed by atoms with Crippen LogP contribution in [0.1, 0.15) is 55.5 Å². The average Bonchev–Trinajstić information content (AvgIpc) is 3.23. The maximum absolute atomic E-state index is 12.8. The van der Waals surface area contributed by atoms with E-state index in [1.165, 1.54) is 0 Å². The predicted octanol–water partition coefficient (Wildman–Crippen LogP) is 1.63. The number of carbonyl (C=O) groups excluding carboxylic acids is 2. The Hall–Kier alpha value is -1.74. The van der Waals surface area contributed by atoms with Crippen molar-refractivity contribution in [3.8, 4) is 5.88 Å². The molecule has 29 heavy (non-hydrogen) atoms. The number of nitrogens with zero attached hydrogens (tertiary/aromatic N) is 2. The highest BCUT2D eigenvalue weighted by Gasteiger charge is 2.55. The highest BCUT2D eigenvalue weighted by atomic mass is 32.1. The summed E-state index contributed by atoms with van der Waals surface area (Å²) in [6.45, 7) is 1.51. The van der Waals surface area contributed by atoms with Crippen molar-refractivity contribution in [3.63, 3.8) is 0 Å². The largest absolute Gasteiger partial charge is 0.473 e. The van der Waals surface area contributed by atoms with E-state index in [4.69, 9.17) is 9.26 Å². The fourth-order valence-corrected chi connectivity index (χ4v) is 6.39. The molecule has 0 radical (unpaired) electrons. The molecule has 1 aliphatic heterocycles. The van der Waals surface area contributed by atoms with Crippen LogP contribution in [0.15, 0.2) is 9.42 Å². The first kappa shape index (κ1) is 19.2. The van der Waals surface area contributed by atoms with E-state index in [2.05, 4.69) is 23.1 Å². The van der Waals surface area contributed by atoms with Crippen LogP contribution in [0.2, 0.25) is 0 Å². The van der Waals surface area contributed by atoms with Gasteiger partial charge in [0.1, 0.15) is 11.5 Å². The van der Waals surface area contributed by atoms with Gasteiger partial charge in [-0.3, -0.25) is 9.59 Å². The minimum absolute atomic E-state index is 0.0492. The first-order chi connectivity index (χ1) is 13.9. The summed E-state index contributed by atoms with van der Waals surface area (Å²) in [5.74, 6) is 1.23. The number of amides is 2. The Kier molecular flexibility index (Phi) is 4.77. The lowest BCUT2D eigenvalue weighted by atomic mass is 9.52. The molecule has 0 aromatic carbocycles. The van der Waals surface area contributed by atoms with Gasteiger partial charge in [-0.25, -0.2) is 0 Å². The SMILES string of the molecule is O=C(NC1C2CC3CC1CC(O)(C3)C2)c1onc(OCCN2CCCC2=O)c1S. The van der Waals surface area contributed by atoms with Gasteiger partial charge in [0.2, 0.25) is 11.7 Å². The Morgan fingerprint density at radius 2 is 2.10 bits per heavy atom. The summed E-state index contributed by atoms with van der Waals surface area (Å²) >= 11 is 4.37. The van der Waals surface area contributed by atoms with E-state index in [0.717, 1.165) is 45.1 Å². The smallest absolute Gasteiger partial charge is 0.291 e. The summed E-state index contributed by atoms with van der Waals surface area (Å²) < 4.78 is 10.8. The van der Waals surface area contributed by atoms with E-state index in [1.54, 1.807) is 4.90 Å². The molecule has 9 heteroatoms. The van der Waals surface area contributed by atoms with Gasteiger partial charge in [0, 0.05) is 19.0 Å². The summed E-state index contributed by atoms with van der Waals surface area (Å²) in [4.78, 5) is 26.5. The summed E-state index contributed by atoms with van der Waals surface area (Å²) in [5, 5.41) is 17.7. The number of rotatable bonds is 6. The second-order valence-electron chi connectivity index (χ2n) is 9.19. The maximum Gasteiger partial charge on any atom is 0.291 e. The zero-order chi connectivity index (χ0) is 20.2. The number of hydrogen-bond acceptors (Lipinski definition) is 7. The normalized spacial score (nSPS) is 35.4. The molecule has 2 unspecified atom stereocenters. The first-order valence-electron chi connectivity index (χ1n) is 10.5. The average molecular weight is 422 g/mol. The summed E-state index contributed by atoms with van der Waals surface area (Å²) in [6.07, 6.45) is 6.04. The van der Waals surface area contributed by atoms with Gasteiger partial charge in [-0.1, -0.05) is 0 Å². The molecule has 4 bridgehead atoms. The zero-order valence-corrected chi connectivity index (χ0v) is 17.2. The maximum atomic E-state index is 12.8. The second kappa shape index (κ2) is 7.19. The van der Waals surface area contributed by atoms with Crippen LogP contribution < -0.4 is 10.1 Å². The van der Waals surface area contributed by atoms with Crippen molar-refractivity contribution in [2.75, 3.05) is 19.7 Å². The third-order valence-corrected chi connectivity index (χ3v) is 7.55. The number of hydrogen-bond donors (Lipinski definition) is 3. The minimum Gasteiger partial charge on any atom is -0.473 e. The van der Waals surface area contributed by atoms with Gasteiger partial charge in [-0.05, 0) is 61.4 Å². The van der Waals surface area contributed by atoms with Gasteiger partial charge in [-0.2, -0.15) is 0 Å². The molecule has 2 N–H and O–H groups in total. The highest BCUT2D eigenvalue weighted by molar-refractivity contribution is 7.80. The summed E-state index contributed by atoms with van der Waals surface area (Å²) in [6, 6.07) is 0.0581. The molecular weight excluding hydrogens is 394 g/mol. The van der Waals surface area contributed by atoms with Gasteiger partial charge in [0.25, 0.3) is 11.8 Å². The molecule has 5 aliphatic rings. The van der Waals surface area contributed by atoms with Crippen LogP contribution in [0.25, 0.3) is 0 Å². The van der Waals surface area contributed by atoms with Gasteiger partial charge in [0.15, 0.2) is 0 Å². The summed E-state index contributed by atoms with van der Waals surface area (Å²) in [5.41, 5.74) is -0.531. The second-order valence-corrected chi connectivity index (χ2v) is 9.64. The molecular formula is C20H27N3O5S. The molecule has 158 valence electrons. The van der Waals surface area contributed by atoms with E-state index < -0.39 is 5.60 Å². The molecule has 4 saturated carbocycles. The molecule has 1 aromatic rings. The number of aromatic nitrogens is 1. The van der Waals surface area contributed by atoms with Crippen LogP contribution in [0.5, 0.6) is 5.88 Å². The molecule has 2 amide bonds. The lowest BCUT2D eigenvalue weighted by Crippen LogP contribution is -2.61. The van der Waals surface area contributed by atoms with Crippen molar-refractivity contribution < 1.29 is 24.0 Å². The quantitative estimate of drug-likeness (QED) is 0.603. The Bertz CT molecular complexity index is 811. The number of aliphatic hydroxyl groups is 1. The predicted molar refractivity (Wildman–Crippen MR) is 105 cm³/mol. The van der Waals surface area contributed by atoms with E-state index in [1.807, 2.05) is 0 Å². The van der Waals surface area contributed by atoms with Gasteiger partial charge in [-0.15, -0.1) is 12.6 Å². The molecule has 5 fully saturated rings. The fraction of sp³-hybridized carbons (Fsp3) is 0.750. The molecule has 0 spiro atoms. The standard InChI is InChI=1S/C20H27N3O5S/c24-14-2-1-3-23(14)4-5-27-19-17(29)16(28-22-19)18(25)21-15-12-6-11-7-13(15)10-20(26,8-11)9-12/h11-13,15,26,29H,1-10H2,(H,21,25). The molecule has 2 heterocycles. The van der Waals surface area contributed by atoms with Crippen LogP contribution in [-0.4, -0.2) is 58.3 Å². The Morgan fingerprint density at radius 1 is 1.34 bits per heavy atom. The molecule has 1 saturated heterocycles. The molecule has 4 aliphatic carbocycles. The Labute approximate surface area is 174 Å². The third kappa shape index (κ3) is 3.52. The van der Waals surface area contributed by atoms with Crippen molar-refractivity contribution in [3.05, 3.63) is 5.76 Å². The molecule has 6 rings (SSSR count). The van der Waals surface area contributed by atoms with Crippen LogP contribution in [0.4, 0.5) is 0 Å². The lowest BCUT2D eigenvalue weighted by molar-refractivity contribution is -0.137. The van der Waals surface area contributed by atoms with Crippen molar-refractivity contribution in [1.29, 1.82) is 0 Å². The Balaban J connectivity index is 1.19. The monoisotopic (exact) mass is 421 g/mol. The van der Waals surface area contributed by atoms with Crippen molar-refractivity contribution in [2.45, 2.75) is 61.5 Å². The topological polar surface area (TPSA) is 105 Å². The highest BCUT2D eigenvalue weighted by Crippen LogP contribution is 2.55. The Morgan fingerprint density at radius 3 is 2.76 bits per heavy atom. The van der Waals surface area contributed by atoms with E-state index in [-0.39, 0.29) is 41.0 Å². The van der Waals surface area contributed by atoms with E-state index in [0.29, 0.717) is 30.7 Å². The van der Waals surface area contributed by atoms with Crippen molar-refractivity contribution in [1.82, 2.24) is 15.4 Å². The van der Waals surface area contributed by atoms with Gasteiger partial charge < -0.3 is 24.6 Å².